The molecule has 2 aromatic rings. The molecule has 94 heavy (non-hydrogen) atoms. The minimum Gasteiger partial charge on any atom is -0.481 e. The lowest BCUT2D eigenvalue weighted by molar-refractivity contribution is -0.141. The molecule has 2 heterocycles. The Balaban J connectivity index is 1.39. The highest BCUT2D eigenvalue weighted by atomic mass is 16.4. The number of aliphatic imine (C=N–C) groups is 2. The molecular formula is C59H87N19O16. The number of amides is 12. The average Bonchev–Trinajstić information content (AvgIpc) is 1.34. The molecule has 12 amide bonds. The fraction of sp³-hybridized carbons (Fsp3) is 0.525. The van der Waals surface area contributed by atoms with Crippen LogP contribution in [0.4, 0.5) is 0 Å². The molecule has 2 fully saturated rings. The van der Waals surface area contributed by atoms with Crippen molar-refractivity contribution in [3.63, 3.8) is 0 Å². The van der Waals surface area contributed by atoms with Crippen LogP contribution in [0.3, 0.4) is 0 Å². The van der Waals surface area contributed by atoms with Crippen molar-refractivity contribution < 1.29 is 77.3 Å². The molecule has 0 aromatic heterocycles. The van der Waals surface area contributed by atoms with Crippen LogP contribution in [0, 0.1) is 0 Å². The number of carboxylic acid groups (broad SMARTS) is 2. The maximum atomic E-state index is 14.1. The van der Waals surface area contributed by atoms with Crippen LogP contribution in [0.15, 0.2) is 70.6 Å². The molecule has 0 saturated carbocycles. The molecule has 35 heteroatoms. The summed E-state index contributed by atoms with van der Waals surface area (Å²) < 4.78 is 0. The van der Waals surface area contributed by atoms with Gasteiger partial charge in [0, 0.05) is 45.4 Å². The largest absolute Gasteiger partial charge is 0.481 e. The number of hydrogen-bond donors (Lipinski definition) is 19. The average molecular weight is 1320 g/mol. The first-order valence-electron chi connectivity index (χ1n) is 30.7. The fourth-order valence-electron chi connectivity index (χ4n) is 9.70. The second-order valence-corrected chi connectivity index (χ2v) is 22.3. The van der Waals surface area contributed by atoms with Crippen LogP contribution >= 0.6 is 0 Å². The lowest BCUT2D eigenvalue weighted by Gasteiger charge is -2.26. The second-order valence-electron chi connectivity index (χ2n) is 22.3. The lowest BCUT2D eigenvalue weighted by atomic mass is 10.0. The molecule has 514 valence electrons. The van der Waals surface area contributed by atoms with E-state index in [0.29, 0.717) is 11.1 Å². The molecule has 9 atom stereocenters. The summed E-state index contributed by atoms with van der Waals surface area (Å²) >= 11 is 0. The van der Waals surface area contributed by atoms with Crippen molar-refractivity contribution in [1.82, 2.24) is 63.8 Å². The smallest absolute Gasteiger partial charge is 0.305 e. The van der Waals surface area contributed by atoms with E-state index in [2.05, 4.69) is 73.8 Å². The van der Waals surface area contributed by atoms with Crippen molar-refractivity contribution in [2.24, 2.45) is 38.7 Å². The number of carbonyl (C=O) groups is 14. The number of hydrogen-bond acceptors (Lipinski definition) is 17. The van der Waals surface area contributed by atoms with Crippen molar-refractivity contribution in [2.45, 2.75) is 157 Å². The van der Waals surface area contributed by atoms with E-state index in [1.807, 2.05) is 0 Å². The number of carbonyl (C=O) groups excluding carboxylic acids is 12. The monoisotopic (exact) mass is 1320 g/mol. The molecule has 0 spiro atoms. The predicted molar refractivity (Wildman–Crippen MR) is 337 cm³/mol. The van der Waals surface area contributed by atoms with Gasteiger partial charge in [-0.25, -0.2) is 0 Å². The minimum absolute atomic E-state index is 0.0241. The van der Waals surface area contributed by atoms with E-state index >= 15 is 0 Å². The first-order valence-corrected chi connectivity index (χ1v) is 30.7. The molecular weight excluding hydrogens is 1230 g/mol. The third kappa shape index (κ3) is 29.2. The molecule has 2 aliphatic heterocycles. The van der Waals surface area contributed by atoms with Gasteiger partial charge in [-0.2, -0.15) is 0 Å². The number of rotatable bonds is 30. The predicted octanol–water partition coefficient (Wildman–Crippen LogP) is -6.65. The summed E-state index contributed by atoms with van der Waals surface area (Å²) in [6, 6.07) is 4.29. The van der Waals surface area contributed by atoms with Gasteiger partial charge in [0.15, 0.2) is 11.9 Å². The van der Waals surface area contributed by atoms with Gasteiger partial charge in [0.1, 0.15) is 48.3 Å². The quantitative estimate of drug-likeness (QED) is 0.0196. The zero-order valence-electron chi connectivity index (χ0n) is 51.9. The molecule has 0 aliphatic carbocycles. The highest BCUT2D eigenvalue weighted by molar-refractivity contribution is 6.00. The lowest BCUT2D eigenvalue weighted by Crippen LogP contribution is -2.58. The van der Waals surface area contributed by atoms with E-state index in [1.54, 1.807) is 60.7 Å². The van der Waals surface area contributed by atoms with E-state index < -0.39 is 163 Å². The van der Waals surface area contributed by atoms with Gasteiger partial charge < -0.3 is 103 Å². The van der Waals surface area contributed by atoms with E-state index in [9.17, 15) is 77.3 Å². The molecule has 35 nitrogen and oxygen atoms in total. The Morgan fingerprint density at radius 1 is 0.447 bits per heavy atom. The molecule has 0 radical (unpaired) electrons. The first-order chi connectivity index (χ1) is 44.8. The van der Waals surface area contributed by atoms with Crippen molar-refractivity contribution >= 4 is 94.7 Å². The van der Waals surface area contributed by atoms with Crippen molar-refractivity contribution in [3.8, 4) is 0 Å². The van der Waals surface area contributed by atoms with E-state index in [4.69, 9.17) is 28.7 Å². The first kappa shape index (κ1) is 76.0. The normalized spacial score (nSPS) is 21.5. The van der Waals surface area contributed by atoms with Crippen molar-refractivity contribution in [2.75, 3.05) is 39.3 Å². The Hall–Kier alpha value is -10.5. The number of benzene rings is 2. The Kier molecular flexibility index (Phi) is 32.6. The molecule has 9 unspecified atom stereocenters. The third-order valence-electron chi connectivity index (χ3n) is 14.6. The number of aliphatic carboxylic acids is 2. The summed E-state index contributed by atoms with van der Waals surface area (Å²) in [5.74, 6) is -13.4. The highest BCUT2D eigenvalue weighted by Crippen LogP contribution is 2.13. The Bertz CT molecular complexity index is 3020. The molecule has 0 bridgehead atoms. The standard InChI is InChI=1S/C59H87N19O16/c60-35(49(86)66-24-10-8-18-39-53(90)74-37(20-12-26-68-59(63)64)51(88)70-32-46(81)72-43(30-48(84)85)57(94)78-41(55(92)76-39)28-34-15-5-2-6-16-34)21-22-44(79)65-23-9-7-17-38-52(89)73-36(19-11-25-67-58(61)62)50(87)69-31-45(80)71-42(29-47(82)83)56(93)77-40(54(91)75-38)27-33-13-3-1-4-14-33/h1-6,13-16,35-43H,7-12,17-32,60H2,(H,65,79)(H,66,86)(H,69,87)(H,70,88)(H,71,80)(H,72,81)(H,73,89)(H,74,90)(H,75,91)(H,76,92)(H,77,93)(H,78,94)(H,82,83)(H,84,85)(H4,61,62,67)(H4,63,64,68). The van der Waals surface area contributed by atoms with Gasteiger partial charge in [-0.3, -0.25) is 77.1 Å². The number of nitrogens with two attached hydrogens (primary N) is 5. The van der Waals surface area contributed by atoms with Gasteiger partial charge in [-0.05, 0) is 81.8 Å². The molecule has 2 saturated heterocycles. The van der Waals surface area contributed by atoms with Gasteiger partial charge in [-0.1, -0.05) is 60.7 Å². The number of carboxylic acids is 2. The van der Waals surface area contributed by atoms with Gasteiger partial charge in [-0.15, -0.1) is 0 Å². The Morgan fingerprint density at radius 3 is 1.17 bits per heavy atom. The topological polar surface area (TPSA) is 579 Å². The maximum absolute atomic E-state index is 14.1. The summed E-state index contributed by atoms with van der Waals surface area (Å²) in [6.07, 6.45) is -1.32. The molecule has 4 rings (SSSR count). The van der Waals surface area contributed by atoms with Gasteiger partial charge >= 0.3 is 11.9 Å². The summed E-state index contributed by atoms with van der Waals surface area (Å²) in [5.41, 5.74) is 29.1. The molecule has 2 aliphatic rings. The second kappa shape index (κ2) is 40.4. The van der Waals surface area contributed by atoms with Crippen LogP contribution in [0.1, 0.15) is 101 Å². The van der Waals surface area contributed by atoms with Gasteiger partial charge in [0.25, 0.3) is 0 Å². The summed E-state index contributed by atoms with van der Waals surface area (Å²) in [5, 5.41) is 49.5. The zero-order chi connectivity index (χ0) is 69.1. The van der Waals surface area contributed by atoms with Crippen LogP contribution in [0.25, 0.3) is 0 Å². The van der Waals surface area contributed by atoms with E-state index in [0.717, 1.165) is 0 Å². The zero-order valence-corrected chi connectivity index (χ0v) is 51.9. The molecule has 24 N–H and O–H groups in total. The summed E-state index contributed by atoms with van der Waals surface area (Å²) in [7, 11) is 0. The Labute approximate surface area is 541 Å². The Morgan fingerprint density at radius 2 is 0.787 bits per heavy atom. The van der Waals surface area contributed by atoms with Gasteiger partial charge in [0.05, 0.1) is 32.0 Å². The minimum atomic E-state index is -1.68. The van der Waals surface area contributed by atoms with Crippen molar-refractivity contribution in [1.29, 1.82) is 0 Å². The van der Waals surface area contributed by atoms with Crippen LogP contribution < -0.4 is 92.5 Å². The third-order valence-corrected chi connectivity index (χ3v) is 14.6. The number of nitrogens with zero attached hydrogens (tertiary/aromatic N) is 2. The summed E-state index contributed by atoms with van der Waals surface area (Å²) in [6.45, 7) is -1.22. The van der Waals surface area contributed by atoms with Gasteiger partial charge in [0.2, 0.25) is 70.9 Å². The number of unbranched alkanes of at least 4 members (excludes halogenated alkanes) is 2. The van der Waals surface area contributed by atoms with E-state index in [-0.39, 0.29) is 128 Å². The van der Waals surface area contributed by atoms with Crippen LogP contribution in [-0.4, -0.2) is 199 Å². The highest BCUT2D eigenvalue weighted by Gasteiger charge is 2.36. The number of guanidine groups is 2. The van der Waals surface area contributed by atoms with Crippen molar-refractivity contribution in [3.05, 3.63) is 71.8 Å². The maximum Gasteiger partial charge on any atom is 0.305 e. The summed E-state index contributed by atoms with van der Waals surface area (Å²) in [4.78, 5) is 194. The number of nitrogens with one attached hydrogen (secondary N) is 12. The molecule has 2 aromatic carbocycles. The SMILES string of the molecule is NC(N)=NCCCC1NC(=O)C(CCCCNC(=O)CCC(N)C(=O)NCCCCC2NC(=O)C(Cc3ccccc3)NC(=O)C(CC(=O)O)NC(=O)CNC(=O)C(CCCN=C(N)N)NC2=O)NC(=O)C(Cc2ccccc2)NC(=O)C(CC(=O)O)NC(=O)CNC1=O. The van der Waals surface area contributed by atoms with Crippen LogP contribution in [0.5, 0.6) is 0 Å². The van der Waals surface area contributed by atoms with E-state index in [1.165, 1.54) is 0 Å². The van der Waals surface area contributed by atoms with Crippen LogP contribution in [0.2, 0.25) is 0 Å². The van der Waals surface area contributed by atoms with Crippen LogP contribution in [-0.2, 0) is 80.0 Å². The fourth-order valence-corrected chi connectivity index (χ4v) is 9.70.